The summed E-state index contributed by atoms with van der Waals surface area (Å²) in [6.45, 7) is 1.21. The van der Waals surface area contributed by atoms with Crippen molar-refractivity contribution in [2.45, 2.75) is 63.8 Å². The van der Waals surface area contributed by atoms with Crippen LogP contribution in [-0.2, 0) is 9.59 Å². The van der Waals surface area contributed by atoms with Crippen molar-refractivity contribution in [1.29, 1.82) is 0 Å². The summed E-state index contributed by atoms with van der Waals surface area (Å²) >= 11 is 0. The first kappa shape index (κ1) is 15.5. The summed E-state index contributed by atoms with van der Waals surface area (Å²) in [6.07, 6.45) is -0.755. The summed E-state index contributed by atoms with van der Waals surface area (Å²) in [7, 11) is 0. The van der Waals surface area contributed by atoms with Gasteiger partial charge in [-0.05, 0) is 56.5 Å². The zero-order valence-electron chi connectivity index (χ0n) is 20.2. The summed E-state index contributed by atoms with van der Waals surface area (Å²) in [5, 5.41) is 32.5. The van der Waals surface area contributed by atoms with E-state index in [1.165, 1.54) is 26.8 Å². The van der Waals surface area contributed by atoms with Gasteiger partial charge in [-0.1, -0.05) is 25.5 Å². The van der Waals surface area contributed by atoms with E-state index in [2.05, 4.69) is 0 Å². The molecule has 6 heteroatoms. The van der Waals surface area contributed by atoms with Crippen LogP contribution in [-0.4, -0.2) is 50.8 Å². The standard InChI is InChI=1S/C22H29FO5/c1-12-8-16-15-5-4-13-9-14(25)6-7-19(13,2)21(15,23)17(26)10-20(16,3)22(12,28)18(27)11-24/h6-7,9,12,15-17,24,26,28H,4-5,8,10-11H2,1-3H3/t12-,15+,16+,17+,19+,20+,21+,22+/m1/s1/i4D,9D,11D2/t4-,12-,15+,16+,17+,19+,20+,21+,22+. The number of carbonyl (C=O) groups excluding carboxylic acids is 2. The topological polar surface area (TPSA) is 94.8 Å². The highest BCUT2D eigenvalue weighted by molar-refractivity contribution is 6.01. The van der Waals surface area contributed by atoms with Gasteiger partial charge in [0.2, 0.25) is 0 Å². The number of aliphatic hydroxyl groups is 3. The Balaban J connectivity index is 1.89. The maximum atomic E-state index is 17.1. The lowest BCUT2D eigenvalue weighted by Gasteiger charge is -2.62. The van der Waals surface area contributed by atoms with Crippen molar-refractivity contribution in [1.82, 2.24) is 0 Å². The maximum absolute atomic E-state index is 17.1. The van der Waals surface area contributed by atoms with Gasteiger partial charge in [-0.2, -0.15) is 0 Å². The van der Waals surface area contributed by atoms with Crippen molar-refractivity contribution in [2.75, 3.05) is 6.56 Å². The van der Waals surface area contributed by atoms with Crippen LogP contribution in [0.2, 0.25) is 0 Å². The van der Waals surface area contributed by atoms with Gasteiger partial charge in [-0.3, -0.25) is 9.59 Å². The van der Waals surface area contributed by atoms with Crippen molar-refractivity contribution in [3.05, 3.63) is 23.8 Å². The highest BCUT2D eigenvalue weighted by Gasteiger charge is 2.75. The molecule has 4 aliphatic rings. The molecule has 0 unspecified atom stereocenters. The number of Topliss-reactive ketones (excluding diaryl/α,β-unsaturated/α-hetero) is 1. The molecule has 4 rings (SSSR count). The van der Waals surface area contributed by atoms with Gasteiger partial charge in [-0.15, -0.1) is 0 Å². The molecule has 154 valence electrons. The van der Waals surface area contributed by atoms with Crippen molar-refractivity contribution in [2.24, 2.45) is 28.6 Å². The Kier molecular flexibility index (Phi) is 3.22. The minimum atomic E-state index is -3.31. The number of ketones is 2. The van der Waals surface area contributed by atoms with Crippen molar-refractivity contribution < 1.29 is 34.8 Å². The average molecular weight is 396 g/mol. The van der Waals surface area contributed by atoms with Crippen molar-refractivity contribution in [3.63, 3.8) is 0 Å². The molecule has 28 heavy (non-hydrogen) atoms. The molecule has 0 bridgehead atoms. The van der Waals surface area contributed by atoms with Crippen LogP contribution < -0.4 is 0 Å². The average Bonchev–Trinajstić information content (AvgIpc) is 2.87. The minimum Gasteiger partial charge on any atom is -0.390 e. The lowest BCUT2D eigenvalue weighted by atomic mass is 9.44. The van der Waals surface area contributed by atoms with Crippen LogP contribution in [0.1, 0.15) is 51.9 Å². The monoisotopic (exact) mass is 396 g/mol. The largest absolute Gasteiger partial charge is 0.390 e. The third kappa shape index (κ3) is 2.01. The van der Waals surface area contributed by atoms with E-state index in [4.69, 9.17) is 5.48 Å². The Morgan fingerprint density at radius 3 is 2.79 bits per heavy atom. The third-order valence-corrected chi connectivity index (χ3v) is 8.34. The minimum absolute atomic E-state index is 0.0236. The number of halogens is 1. The molecule has 0 aromatic heterocycles. The fraction of sp³-hybridized carbons (Fsp3) is 0.727. The molecule has 4 aliphatic carbocycles. The quantitative estimate of drug-likeness (QED) is 0.663. The highest BCUT2D eigenvalue weighted by atomic mass is 19.1. The second-order valence-corrected chi connectivity index (χ2v) is 9.34. The van der Waals surface area contributed by atoms with E-state index in [-0.39, 0.29) is 24.8 Å². The lowest BCUT2D eigenvalue weighted by Crippen LogP contribution is -2.69. The SMILES string of the molecule is [2H]C1=C2[C@H]([2H])C[C@H]3[C@@H]4C[C@@H](C)[C@](O)(C(=O)C([2H])([2H])O)[C@@]4(C)C[C@H](O)[C@]3(F)[C@@]2(C)C=CC1=O. The second-order valence-electron chi connectivity index (χ2n) is 9.34. The molecule has 0 aliphatic heterocycles. The number of allylic oxidation sites excluding steroid dienone is 4. The molecule has 9 atom stereocenters. The predicted octanol–water partition coefficient (Wildman–Crippen LogP) is 1.90. The zero-order chi connectivity index (χ0) is 24.2. The van der Waals surface area contributed by atoms with Crippen LogP contribution in [0.25, 0.3) is 0 Å². The zero-order valence-corrected chi connectivity index (χ0v) is 16.2. The third-order valence-electron chi connectivity index (χ3n) is 8.34. The van der Waals surface area contributed by atoms with Crippen molar-refractivity contribution >= 4 is 11.6 Å². The molecule has 3 saturated carbocycles. The summed E-state index contributed by atoms with van der Waals surface area (Å²) in [5.74, 6) is -4.55. The fourth-order valence-electron chi connectivity index (χ4n) is 6.78. The Bertz CT molecular complexity index is 962. The van der Waals surface area contributed by atoms with Gasteiger partial charge in [0.05, 0.1) is 10.2 Å². The first-order valence-electron chi connectivity index (χ1n) is 11.8. The fourth-order valence-corrected chi connectivity index (χ4v) is 6.78. The van der Waals surface area contributed by atoms with Crippen LogP contribution in [0.5, 0.6) is 0 Å². The molecule has 0 heterocycles. The van der Waals surface area contributed by atoms with Gasteiger partial charge in [0.15, 0.2) is 17.2 Å². The lowest BCUT2D eigenvalue weighted by molar-refractivity contribution is -0.219. The van der Waals surface area contributed by atoms with Crippen LogP contribution in [0, 0.1) is 28.6 Å². The first-order chi connectivity index (χ1) is 14.5. The number of rotatable bonds is 2. The Morgan fingerprint density at radius 2 is 2.14 bits per heavy atom. The Morgan fingerprint density at radius 1 is 1.46 bits per heavy atom. The number of hydrogen-bond acceptors (Lipinski definition) is 5. The number of fused-ring (bicyclic) bond motifs is 5. The summed E-state index contributed by atoms with van der Waals surface area (Å²) in [4.78, 5) is 25.0. The first-order valence-corrected chi connectivity index (χ1v) is 9.71. The molecule has 0 aromatic rings. The molecular weight excluding hydrogens is 363 g/mol. The van der Waals surface area contributed by atoms with Gasteiger partial charge in [0.25, 0.3) is 0 Å². The molecule has 0 amide bonds. The molecule has 3 fully saturated rings. The van der Waals surface area contributed by atoms with E-state index in [0.29, 0.717) is 0 Å². The van der Waals surface area contributed by atoms with E-state index in [0.717, 1.165) is 6.08 Å². The molecule has 0 aromatic carbocycles. The summed E-state index contributed by atoms with van der Waals surface area (Å²) < 4.78 is 48.9. The number of carbonyl (C=O) groups is 2. The number of alkyl halides is 1. The highest BCUT2D eigenvalue weighted by Crippen LogP contribution is 2.70. The summed E-state index contributed by atoms with van der Waals surface area (Å²) in [6, 6.07) is -0.439. The smallest absolute Gasteiger partial charge is 0.190 e. The Hall–Kier alpha value is -1.37. The van der Waals surface area contributed by atoms with Gasteiger partial charge >= 0.3 is 0 Å². The van der Waals surface area contributed by atoms with Crippen molar-refractivity contribution in [3.8, 4) is 0 Å². The van der Waals surface area contributed by atoms with E-state index < -0.39 is 76.5 Å². The Labute approximate surface area is 169 Å². The van der Waals surface area contributed by atoms with Gasteiger partial charge in [0.1, 0.15) is 12.2 Å². The molecular formula is C22H29FO5. The van der Waals surface area contributed by atoms with E-state index in [1.807, 2.05) is 0 Å². The normalized spacial score (nSPS) is 58.1. The molecule has 0 radical (unpaired) electrons. The molecule has 0 spiro atoms. The number of hydrogen-bond donors (Lipinski definition) is 3. The van der Waals surface area contributed by atoms with Gasteiger partial charge in [-0.25, -0.2) is 4.39 Å². The second kappa shape index (κ2) is 5.83. The van der Waals surface area contributed by atoms with E-state index >= 15 is 4.39 Å². The maximum Gasteiger partial charge on any atom is 0.190 e. The van der Waals surface area contributed by atoms with E-state index in [1.54, 1.807) is 0 Å². The van der Waals surface area contributed by atoms with Gasteiger partial charge in [0, 0.05) is 18.1 Å². The molecule has 0 saturated heterocycles. The van der Waals surface area contributed by atoms with Crippen LogP contribution in [0.4, 0.5) is 4.39 Å². The summed E-state index contributed by atoms with van der Waals surface area (Å²) in [5.41, 5.74) is -7.72. The van der Waals surface area contributed by atoms with Gasteiger partial charge < -0.3 is 15.3 Å². The van der Waals surface area contributed by atoms with Crippen LogP contribution in [0.3, 0.4) is 0 Å². The predicted molar refractivity (Wildman–Crippen MR) is 99.9 cm³/mol. The van der Waals surface area contributed by atoms with Crippen LogP contribution in [0.15, 0.2) is 23.8 Å². The molecule has 5 nitrogen and oxygen atoms in total. The molecule has 3 N–H and O–H groups in total. The van der Waals surface area contributed by atoms with Crippen LogP contribution >= 0.6 is 0 Å². The van der Waals surface area contributed by atoms with E-state index in [9.17, 15) is 24.9 Å². The number of aliphatic hydroxyl groups excluding tert-OH is 1.